The van der Waals surface area contributed by atoms with E-state index < -0.39 is 0 Å². The number of hydrogen-bond acceptors (Lipinski definition) is 3. The molecule has 0 saturated heterocycles. The molecule has 0 spiro atoms. The van der Waals surface area contributed by atoms with Gasteiger partial charge in [0.1, 0.15) is 6.33 Å². The topological polar surface area (TPSA) is 35.0 Å². The van der Waals surface area contributed by atoms with E-state index in [1.165, 1.54) is 0 Å². The number of hydrogen-bond donors (Lipinski definition) is 0. The van der Waals surface area contributed by atoms with Gasteiger partial charge in [0.25, 0.3) is 0 Å². The number of ether oxygens (including phenoxy) is 1. The lowest BCUT2D eigenvalue weighted by molar-refractivity contribution is 0.392. The van der Waals surface area contributed by atoms with Gasteiger partial charge in [-0.05, 0) is 11.8 Å². The first-order valence-electron chi connectivity index (χ1n) is 5.53. The highest BCUT2D eigenvalue weighted by molar-refractivity contribution is 9.09. The van der Waals surface area contributed by atoms with Gasteiger partial charge in [-0.3, -0.25) is 0 Å². The van der Waals surface area contributed by atoms with Crippen LogP contribution in [0.5, 0.6) is 5.88 Å². The Hall–Kier alpha value is -0.640. The third-order valence-electron chi connectivity index (χ3n) is 2.93. The minimum atomic E-state index is 0.437. The van der Waals surface area contributed by atoms with Crippen molar-refractivity contribution in [3.8, 4) is 5.88 Å². The maximum atomic E-state index is 5.08. The fourth-order valence-electron chi connectivity index (χ4n) is 1.40. The molecule has 2 atom stereocenters. The molecule has 1 aromatic rings. The first-order valence-corrected chi connectivity index (χ1v) is 6.45. The molecule has 0 N–H and O–H groups in total. The van der Waals surface area contributed by atoms with E-state index in [0.29, 0.717) is 22.5 Å². The number of methoxy groups -OCH3 is 1. The monoisotopic (exact) mass is 286 g/mol. The predicted octanol–water partition coefficient (Wildman–Crippen LogP) is 3.08. The molecule has 16 heavy (non-hydrogen) atoms. The van der Waals surface area contributed by atoms with Crippen LogP contribution in [0.15, 0.2) is 12.4 Å². The van der Waals surface area contributed by atoms with Gasteiger partial charge >= 0.3 is 0 Å². The molecule has 0 saturated carbocycles. The number of alkyl halides is 1. The van der Waals surface area contributed by atoms with Crippen molar-refractivity contribution < 1.29 is 4.74 Å². The van der Waals surface area contributed by atoms with E-state index in [2.05, 4.69) is 46.7 Å². The summed E-state index contributed by atoms with van der Waals surface area (Å²) in [6.07, 6.45) is 2.45. The molecule has 0 aliphatic heterocycles. The zero-order valence-corrected chi connectivity index (χ0v) is 11.9. The van der Waals surface area contributed by atoms with Gasteiger partial charge in [0.15, 0.2) is 0 Å². The van der Waals surface area contributed by atoms with Crippen LogP contribution in [0.4, 0.5) is 0 Å². The normalized spacial score (nSPS) is 14.9. The van der Waals surface area contributed by atoms with Crippen molar-refractivity contribution in [2.75, 3.05) is 7.11 Å². The first kappa shape index (κ1) is 13.4. The smallest absolute Gasteiger partial charge is 0.216 e. The largest absolute Gasteiger partial charge is 0.481 e. The maximum absolute atomic E-state index is 5.08. The number of aromatic nitrogens is 2. The van der Waals surface area contributed by atoms with Crippen molar-refractivity contribution in [1.29, 1.82) is 0 Å². The highest BCUT2D eigenvalue weighted by atomic mass is 79.9. The van der Waals surface area contributed by atoms with Gasteiger partial charge in [0.2, 0.25) is 5.88 Å². The Morgan fingerprint density at radius 2 is 2.00 bits per heavy atom. The first-order chi connectivity index (χ1) is 7.54. The van der Waals surface area contributed by atoms with Crippen LogP contribution in [0.3, 0.4) is 0 Å². The van der Waals surface area contributed by atoms with E-state index in [1.54, 1.807) is 13.4 Å². The average molecular weight is 287 g/mol. The molecule has 0 amide bonds. The average Bonchev–Trinajstić information content (AvgIpc) is 2.28. The molecule has 90 valence electrons. The zero-order chi connectivity index (χ0) is 12.1. The Morgan fingerprint density at radius 3 is 2.56 bits per heavy atom. The molecule has 3 nitrogen and oxygen atoms in total. The highest BCUT2D eigenvalue weighted by Crippen LogP contribution is 2.24. The van der Waals surface area contributed by atoms with Crippen molar-refractivity contribution in [1.82, 2.24) is 9.97 Å². The summed E-state index contributed by atoms with van der Waals surface area (Å²) in [7, 11) is 1.62. The summed E-state index contributed by atoms with van der Waals surface area (Å²) in [5, 5.41) is 0. The lowest BCUT2D eigenvalue weighted by Gasteiger charge is -2.21. The van der Waals surface area contributed by atoms with Crippen LogP contribution >= 0.6 is 15.9 Å². The predicted molar refractivity (Wildman–Crippen MR) is 69.0 cm³/mol. The second kappa shape index (κ2) is 6.18. The summed E-state index contributed by atoms with van der Waals surface area (Å²) in [4.78, 5) is 8.68. The van der Waals surface area contributed by atoms with Gasteiger partial charge < -0.3 is 4.74 Å². The van der Waals surface area contributed by atoms with E-state index in [9.17, 15) is 0 Å². The van der Waals surface area contributed by atoms with Crippen LogP contribution < -0.4 is 4.74 Å². The molecule has 1 heterocycles. The van der Waals surface area contributed by atoms with E-state index in [4.69, 9.17) is 4.74 Å². The Bertz CT molecular complexity index is 331. The van der Waals surface area contributed by atoms with Crippen LogP contribution in [0, 0.1) is 11.8 Å². The van der Waals surface area contributed by atoms with Crippen molar-refractivity contribution >= 4 is 15.9 Å². The Labute approximate surface area is 106 Å². The quantitative estimate of drug-likeness (QED) is 0.781. The van der Waals surface area contributed by atoms with Crippen molar-refractivity contribution in [2.24, 2.45) is 11.8 Å². The van der Waals surface area contributed by atoms with Gasteiger partial charge in [-0.15, -0.1) is 0 Å². The van der Waals surface area contributed by atoms with Crippen LogP contribution in [0.2, 0.25) is 0 Å². The van der Waals surface area contributed by atoms with Crippen LogP contribution in [0.1, 0.15) is 26.5 Å². The number of nitrogens with zero attached hydrogens (tertiary/aromatic N) is 2. The van der Waals surface area contributed by atoms with Gasteiger partial charge in [-0.1, -0.05) is 36.7 Å². The lowest BCUT2D eigenvalue weighted by atomic mass is 9.92. The van der Waals surface area contributed by atoms with Gasteiger partial charge in [-0.25, -0.2) is 9.97 Å². The van der Waals surface area contributed by atoms with Crippen molar-refractivity contribution in [2.45, 2.75) is 32.0 Å². The summed E-state index contributed by atoms with van der Waals surface area (Å²) in [6, 6.07) is 1.89. The summed E-state index contributed by atoms with van der Waals surface area (Å²) in [5.74, 6) is 1.90. The maximum Gasteiger partial charge on any atom is 0.216 e. The number of rotatable bonds is 5. The van der Waals surface area contributed by atoms with E-state index >= 15 is 0 Å². The molecule has 2 unspecified atom stereocenters. The van der Waals surface area contributed by atoms with Crippen LogP contribution in [-0.4, -0.2) is 21.9 Å². The molecular weight excluding hydrogens is 268 g/mol. The summed E-state index contributed by atoms with van der Waals surface area (Å²) < 4.78 is 5.08. The van der Waals surface area contributed by atoms with Crippen LogP contribution in [-0.2, 0) is 6.42 Å². The minimum absolute atomic E-state index is 0.437. The molecule has 0 aliphatic rings. The molecule has 1 rings (SSSR count). The Balaban J connectivity index is 2.65. The fraction of sp³-hybridized carbons (Fsp3) is 0.667. The Morgan fingerprint density at radius 1 is 1.31 bits per heavy atom. The van der Waals surface area contributed by atoms with Crippen LogP contribution in [0.25, 0.3) is 0 Å². The van der Waals surface area contributed by atoms with Gasteiger partial charge in [0.05, 0.1) is 7.11 Å². The third-order valence-corrected chi connectivity index (χ3v) is 4.09. The molecule has 4 heteroatoms. The molecule has 0 radical (unpaired) electrons. The highest BCUT2D eigenvalue weighted by Gasteiger charge is 2.18. The fourth-order valence-corrected chi connectivity index (χ4v) is 2.35. The van der Waals surface area contributed by atoms with Gasteiger partial charge in [-0.2, -0.15) is 0 Å². The van der Waals surface area contributed by atoms with E-state index in [1.807, 2.05) is 6.07 Å². The molecule has 0 aromatic carbocycles. The van der Waals surface area contributed by atoms with Crippen molar-refractivity contribution in [3.05, 3.63) is 18.1 Å². The lowest BCUT2D eigenvalue weighted by Crippen LogP contribution is -2.19. The SMILES string of the molecule is COc1cc(CC(Br)C(C)C(C)C)ncn1. The molecule has 0 bridgehead atoms. The van der Waals surface area contributed by atoms with E-state index in [0.717, 1.165) is 12.1 Å². The second-order valence-corrected chi connectivity index (χ2v) is 5.55. The summed E-state index contributed by atoms with van der Waals surface area (Å²) >= 11 is 3.73. The molecule has 0 fully saturated rings. The van der Waals surface area contributed by atoms with Gasteiger partial charge in [0, 0.05) is 23.0 Å². The zero-order valence-electron chi connectivity index (χ0n) is 10.3. The number of halogens is 1. The Kier molecular flexibility index (Phi) is 5.19. The van der Waals surface area contributed by atoms with Crippen molar-refractivity contribution in [3.63, 3.8) is 0 Å². The second-order valence-electron chi connectivity index (χ2n) is 4.37. The van der Waals surface area contributed by atoms with E-state index in [-0.39, 0.29) is 0 Å². The third kappa shape index (κ3) is 3.74. The summed E-state index contributed by atoms with van der Waals surface area (Å²) in [5.41, 5.74) is 1.02. The minimum Gasteiger partial charge on any atom is -0.481 e. The molecule has 0 aliphatic carbocycles. The molecule has 1 aromatic heterocycles. The standard InChI is InChI=1S/C12H19BrN2O/c1-8(2)9(3)11(13)5-10-6-12(16-4)15-7-14-10/h6-9,11H,5H2,1-4H3. The molecular formula is C12H19BrN2O. The summed E-state index contributed by atoms with van der Waals surface area (Å²) in [6.45, 7) is 6.72.